The molecule has 0 heterocycles. The lowest BCUT2D eigenvalue weighted by Gasteiger charge is -2.42. The Hall–Kier alpha value is 0.748. The Balaban J connectivity index is 5.12. The van der Waals surface area contributed by atoms with E-state index >= 15 is 0 Å². The maximum absolute atomic E-state index is 6.73. The third kappa shape index (κ3) is 12.7. The lowest BCUT2D eigenvalue weighted by Crippen LogP contribution is -2.57. The molecule has 0 radical (unpaired) electrons. The topological polar surface area (TPSA) is 27.7 Å². The molecule has 2 atom stereocenters. The highest BCUT2D eigenvalue weighted by Crippen LogP contribution is 2.30. The Morgan fingerprint density at radius 2 is 1.22 bits per heavy atom. The maximum atomic E-state index is 6.73. The first kappa shape index (κ1) is 23.7. The molecule has 140 valence electrons. The minimum Gasteiger partial charge on any atom is -0.437 e. The van der Waals surface area contributed by atoms with Crippen molar-refractivity contribution in [2.45, 2.75) is 98.1 Å². The first-order chi connectivity index (χ1) is 10.1. The van der Waals surface area contributed by atoms with Gasteiger partial charge in [-0.05, 0) is 70.9 Å². The van der Waals surface area contributed by atoms with E-state index in [1.807, 2.05) is 0 Å². The molecule has 0 aliphatic carbocycles. The van der Waals surface area contributed by atoms with Crippen LogP contribution in [-0.2, 0) is 12.3 Å². The average Bonchev–Trinajstić information content (AvgIpc) is 2.17. The highest BCUT2D eigenvalue weighted by atomic mass is 28.5. The Labute approximate surface area is 150 Å². The van der Waals surface area contributed by atoms with Crippen LogP contribution in [0.25, 0.3) is 0 Å². The van der Waals surface area contributed by atoms with E-state index in [0.717, 1.165) is 6.04 Å². The molecule has 0 saturated carbocycles. The third-order valence-electron chi connectivity index (χ3n) is 3.31. The van der Waals surface area contributed by atoms with Crippen LogP contribution in [0.3, 0.4) is 0 Å². The van der Waals surface area contributed by atoms with E-state index < -0.39 is 33.8 Å². The van der Waals surface area contributed by atoms with E-state index in [1.165, 1.54) is 19.3 Å². The first-order valence-electron chi connectivity index (χ1n) is 9.18. The molecule has 0 fully saturated rings. The number of rotatable bonds is 11. The summed E-state index contributed by atoms with van der Waals surface area (Å²) in [5.74, 6) is 0.666. The largest absolute Gasteiger partial charge is 0.437 e. The zero-order valence-electron chi connectivity index (χ0n) is 17.6. The van der Waals surface area contributed by atoms with E-state index in [-0.39, 0.29) is 0 Å². The molecule has 0 aromatic rings. The Morgan fingerprint density at radius 1 is 0.739 bits per heavy atom. The molecule has 23 heavy (non-hydrogen) atoms. The second-order valence-corrected chi connectivity index (χ2v) is 25.9. The predicted octanol–water partition coefficient (Wildman–Crippen LogP) is 6.31. The van der Waals surface area contributed by atoms with Gasteiger partial charge in [-0.1, -0.05) is 33.1 Å². The first-order valence-corrected chi connectivity index (χ1v) is 21.3. The minimum atomic E-state index is -2.21. The Kier molecular flexibility index (Phi) is 9.20. The molecular weight excluding hydrogens is 353 g/mol. The molecular formula is C16H42O3Si4. The smallest absolute Gasteiger partial charge is 0.316 e. The SMILES string of the molecule is CCCCC(C)C[Si](C)(O[Si](C)(C)C)O[Si](C)(C)O[Si](C)(C)C. The van der Waals surface area contributed by atoms with Crippen molar-refractivity contribution in [3.05, 3.63) is 0 Å². The van der Waals surface area contributed by atoms with Crippen LogP contribution in [0.2, 0.25) is 65.0 Å². The van der Waals surface area contributed by atoms with E-state index in [4.69, 9.17) is 12.3 Å². The fraction of sp³-hybridized carbons (Fsp3) is 1.00. The molecule has 0 aliphatic rings. The summed E-state index contributed by atoms with van der Waals surface area (Å²) in [6.07, 6.45) is 3.83. The van der Waals surface area contributed by atoms with Gasteiger partial charge in [0, 0.05) is 0 Å². The predicted molar refractivity (Wildman–Crippen MR) is 113 cm³/mol. The minimum absolute atomic E-state index is 0.666. The summed E-state index contributed by atoms with van der Waals surface area (Å²) in [7, 11) is -7.60. The fourth-order valence-corrected chi connectivity index (χ4v) is 21.8. The average molecular weight is 395 g/mol. The molecule has 0 aromatic heterocycles. The number of hydrogen-bond donors (Lipinski definition) is 0. The van der Waals surface area contributed by atoms with Crippen molar-refractivity contribution in [2.75, 3.05) is 0 Å². The van der Waals surface area contributed by atoms with Crippen LogP contribution < -0.4 is 0 Å². The zero-order valence-corrected chi connectivity index (χ0v) is 21.6. The van der Waals surface area contributed by atoms with E-state index in [2.05, 4.69) is 72.8 Å². The third-order valence-corrected chi connectivity index (χ3v) is 17.0. The van der Waals surface area contributed by atoms with Gasteiger partial charge < -0.3 is 12.3 Å². The van der Waals surface area contributed by atoms with Gasteiger partial charge in [0.05, 0.1) is 0 Å². The number of unbranched alkanes of at least 4 members (excludes halogenated alkanes) is 1. The molecule has 0 aliphatic heterocycles. The van der Waals surface area contributed by atoms with Gasteiger partial charge in [0.15, 0.2) is 16.6 Å². The van der Waals surface area contributed by atoms with Crippen molar-refractivity contribution in [2.24, 2.45) is 5.92 Å². The normalized spacial score (nSPS) is 17.9. The van der Waals surface area contributed by atoms with Gasteiger partial charge in [0.1, 0.15) is 0 Å². The lowest BCUT2D eigenvalue weighted by molar-refractivity contribution is 0.314. The molecule has 7 heteroatoms. The molecule has 0 bridgehead atoms. The molecule has 0 rings (SSSR count). The summed E-state index contributed by atoms with van der Waals surface area (Å²) in [6.45, 7) is 24.8. The van der Waals surface area contributed by atoms with Crippen LogP contribution in [0, 0.1) is 5.92 Å². The Bertz CT molecular complexity index is 350. The van der Waals surface area contributed by atoms with Crippen molar-refractivity contribution in [1.29, 1.82) is 0 Å². The summed E-state index contributed by atoms with van der Waals surface area (Å²) >= 11 is 0. The molecule has 0 amide bonds. The quantitative estimate of drug-likeness (QED) is 0.384. The molecule has 0 N–H and O–H groups in total. The zero-order chi connectivity index (χ0) is 18.5. The van der Waals surface area contributed by atoms with Crippen LogP contribution in [0.1, 0.15) is 33.1 Å². The van der Waals surface area contributed by atoms with Crippen molar-refractivity contribution in [3.8, 4) is 0 Å². The van der Waals surface area contributed by atoms with Crippen LogP contribution in [0.15, 0.2) is 0 Å². The maximum Gasteiger partial charge on any atom is 0.316 e. The van der Waals surface area contributed by atoms with E-state index in [0.29, 0.717) is 5.92 Å². The standard InChI is InChI=1S/C16H42O3Si4/c1-12-13-14-16(2)15-23(11,18-21(6,7)8)19-22(9,10)17-20(3,4)5/h16H,12-15H2,1-11H3. The van der Waals surface area contributed by atoms with E-state index in [1.54, 1.807) is 0 Å². The van der Waals surface area contributed by atoms with Crippen LogP contribution in [-0.4, -0.2) is 33.8 Å². The molecule has 2 unspecified atom stereocenters. The molecule has 0 aromatic carbocycles. The highest BCUT2D eigenvalue weighted by Gasteiger charge is 2.45. The molecule has 3 nitrogen and oxygen atoms in total. The van der Waals surface area contributed by atoms with Crippen LogP contribution >= 0.6 is 0 Å². The second-order valence-electron chi connectivity index (χ2n) is 9.52. The van der Waals surface area contributed by atoms with Gasteiger partial charge in [-0.15, -0.1) is 0 Å². The second kappa shape index (κ2) is 8.91. The summed E-state index contributed by atoms with van der Waals surface area (Å²) in [5.41, 5.74) is 0. The highest BCUT2D eigenvalue weighted by molar-refractivity contribution is 6.89. The van der Waals surface area contributed by atoms with Gasteiger partial charge >= 0.3 is 17.1 Å². The van der Waals surface area contributed by atoms with Crippen LogP contribution in [0.5, 0.6) is 0 Å². The summed E-state index contributed by atoms with van der Waals surface area (Å²) in [5, 5.41) is 0. The van der Waals surface area contributed by atoms with Crippen molar-refractivity contribution >= 4 is 33.8 Å². The molecule has 0 saturated heterocycles. The number of hydrogen-bond acceptors (Lipinski definition) is 3. The van der Waals surface area contributed by atoms with Crippen molar-refractivity contribution < 1.29 is 12.3 Å². The van der Waals surface area contributed by atoms with Crippen molar-refractivity contribution in [3.63, 3.8) is 0 Å². The summed E-state index contributed by atoms with van der Waals surface area (Å²) in [6, 6.07) is 1.09. The Morgan fingerprint density at radius 3 is 1.61 bits per heavy atom. The van der Waals surface area contributed by atoms with Gasteiger partial charge in [-0.25, -0.2) is 0 Å². The van der Waals surface area contributed by atoms with E-state index in [9.17, 15) is 0 Å². The van der Waals surface area contributed by atoms with Gasteiger partial charge in [0.2, 0.25) is 0 Å². The monoisotopic (exact) mass is 394 g/mol. The summed E-state index contributed by atoms with van der Waals surface area (Å²) in [4.78, 5) is 0. The fourth-order valence-electron chi connectivity index (χ4n) is 3.32. The van der Waals surface area contributed by atoms with Crippen molar-refractivity contribution in [1.82, 2.24) is 0 Å². The van der Waals surface area contributed by atoms with Gasteiger partial charge in [-0.3, -0.25) is 0 Å². The molecule has 0 spiro atoms. The van der Waals surface area contributed by atoms with Crippen LogP contribution in [0.4, 0.5) is 0 Å². The summed E-state index contributed by atoms with van der Waals surface area (Å²) < 4.78 is 19.8. The lowest BCUT2D eigenvalue weighted by atomic mass is 10.1. The van der Waals surface area contributed by atoms with Gasteiger partial charge in [-0.2, -0.15) is 0 Å². The van der Waals surface area contributed by atoms with Gasteiger partial charge in [0.25, 0.3) is 0 Å².